The highest BCUT2D eigenvalue weighted by Crippen LogP contribution is 2.12. The molecule has 0 radical (unpaired) electrons. The second kappa shape index (κ2) is 9.67. The first-order valence-electron chi connectivity index (χ1n) is 6.18. The maximum Gasteiger partial charge on any atom is 0.0960 e. The molecule has 1 heterocycles. The molecule has 0 fully saturated rings. The third-order valence-electron chi connectivity index (χ3n) is 2.37. The monoisotopic (exact) mass is 238 g/mol. The van der Waals surface area contributed by atoms with Crippen molar-refractivity contribution < 1.29 is 0 Å². The molecule has 16 heavy (non-hydrogen) atoms. The van der Waals surface area contributed by atoms with Crippen molar-refractivity contribution in [1.29, 1.82) is 0 Å². The van der Waals surface area contributed by atoms with E-state index >= 15 is 0 Å². The number of rotatable bonds is 9. The van der Waals surface area contributed by atoms with Gasteiger partial charge in [-0.3, -0.25) is 0 Å². The van der Waals surface area contributed by atoms with Crippen molar-refractivity contribution in [3.63, 3.8) is 0 Å². The molecule has 0 aliphatic carbocycles. The van der Waals surface area contributed by atoms with Crippen molar-refractivity contribution in [2.24, 2.45) is 0 Å². The van der Waals surface area contributed by atoms with Crippen molar-refractivity contribution in [2.75, 3.05) is 18.8 Å². The number of hydrogen-bond donors (Lipinski definition) is 1. The molecule has 1 N–H and O–H groups in total. The van der Waals surface area contributed by atoms with E-state index in [1.165, 1.54) is 25.7 Å². The molecule has 0 saturated heterocycles. The quantitative estimate of drug-likeness (QED) is 0.527. The van der Waals surface area contributed by atoms with Crippen molar-refractivity contribution in [3.05, 3.63) is 24.4 Å². The number of thioether (sulfide) groups is 1. The second-order valence-electron chi connectivity index (χ2n) is 3.83. The van der Waals surface area contributed by atoms with E-state index < -0.39 is 0 Å². The normalized spacial score (nSPS) is 10.6. The van der Waals surface area contributed by atoms with Crippen molar-refractivity contribution >= 4 is 11.8 Å². The van der Waals surface area contributed by atoms with Gasteiger partial charge in [-0.2, -0.15) is 0 Å². The topological polar surface area (TPSA) is 24.9 Å². The molecule has 0 aliphatic heterocycles. The molecule has 1 aromatic rings. The van der Waals surface area contributed by atoms with Gasteiger partial charge in [-0.05, 0) is 25.1 Å². The number of unbranched alkanes of at least 4 members (excludes halogenated alkanes) is 3. The average Bonchev–Trinajstić information content (AvgIpc) is 2.34. The SMILES string of the molecule is CCCCCCNCCSc1ccccn1. The van der Waals surface area contributed by atoms with Crippen LogP contribution in [0.4, 0.5) is 0 Å². The van der Waals surface area contributed by atoms with Crippen LogP contribution < -0.4 is 5.32 Å². The lowest BCUT2D eigenvalue weighted by Crippen LogP contribution is -2.18. The van der Waals surface area contributed by atoms with E-state index in [9.17, 15) is 0 Å². The minimum atomic E-state index is 1.08. The summed E-state index contributed by atoms with van der Waals surface area (Å²) >= 11 is 1.82. The van der Waals surface area contributed by atoms with Crippen molar-refractivity contribution in [3.8, 4) is 0 Å². The summed E-state index contributed by atoms with van der Waals surface area (Å²) in [4.78, 5) is 4.27. The maximum absolute atomic E-state index is 4.27. The Labute approximate surface area is 103 Å². The molecule has 0 atom stereocenters. The van der Waals surface area contributed by atoms with Gasteiger partial charge in [0.05, 0.1) is 5.03 Å². The third-order valence-corrected chi connectivity index (χ3v) is 3.32. The zero-order valence-corrected chi connectivity index (χ0v) is 10.9. The summed E-state index contributed by atoms with van der Waals surface area (Å²) in [7, 11) is 0. The van der Waals surface area contributed by atoms with Crippen LogP contribution in [0.1, 0.15) is 32.6 Å². The average molecular weight is 238 g/mol. The van der Waals surface area contributed by atoms with Crippen LogP contribution in [0.3, 0.4) is 0 Å². The summed E-state index contributed by atoms with van der Waals surface area (Å²) in [5.41, 5.74) is 0. The van der Waals surface area contributed by atoms with E-state index in [-0.39, 0.29) is 0 Å². The molecule has 0 amide bonds. The molecule has 0 saturated carbocycles. The van der Waals surface area contributed by atoms with E-state index in [4.69, 9.17) is 0 Å². The van der Waals surface area contributed by atoms with Gasteiger partial charge in [0.1, 0.15) is 0 Å². The summed E-state index contributed by atoms with van der Waals surface area (Å²) in [5, 5.41) is 4.59. The van der Waals surface area contributed by atoms with E-state index in [0.29, 0.717) is 0 Å². The van der Waals surface area contributed by atoms with E-state index in [0.717, 1.165) is 23.9 Å². The fourth-order valence-corrected chi connectivity index (χ4v) is 2.23. The number of nitrogens with zero attached hydrogens (tertiary/aromatic N) is 1. The standard InChI is InChI=1S/C13H22N2S/c1-2-3-4-6-9-14-11-12-16-13-8-5-7-10-15-13/h5,7-8,10,14H,2-4,6,9,11-12H2,1H3. The van der Waals surface area contributed by atoms with Crippen LogP contribution in [0.15, 0.2) is 29.4 Å². The highest BCUT2D eigenvalue weighted by Gasteiger charge is 1.93. The summed E-state index contributed by atoms with van der Waals surface area (Å²) in [6.45, 7) is 4.48. The second-order valence-corrected chi connectivity index (χ2v) is 4.94. The summed E-state index contributed by atoms with van der Waals surface area (Å²) in [6.07, 6.45) is 7.19. The molecule has 0 aliphatic rings. The van der Waals surface area contributed by atoms with Crippen LogP contribution in [-0.4, -0.2) is 23.8 Å². The Morgan fingerprint density at radius 3 is 2.88 bits per heavy atom. The maximum atomic E-state index is 4.27. The molecular weight excluding hydrogens is 216 g/mol. The predicted molar refractivity (Wildman–Crippen MR) is 72.0 cm³/mol. The molecule has 90 valence electrons. The Kier molecular flexibility index (Phi) is 8.17. The third kappa shape index (κ3) is 6.85. The Morgan fingerprint density at radius 1 is 1.19 bits per heavy atom. The number of pyridine rings is 1. The number of hydrogen-bond acceptors (Lipinski definition) is 3. The zero-order chi connectivity index (χ0) is 11.5. The first-order valence-corrected chi connectivity index (χ1v) is 7.16. The molecule has 0 bridgehead atoms. The lowest BCUT2D eigenvalue weighted by atomic mass is 10.2. The van der Waals surface area contributed by atoms with Gasteiger partial charge in [-0.25, -0.2) is 4.98 Å². The largest absolute Gasteiger partial charge is 0.316 e. The molecular formula is C13H22N2S. The van der Waals surface area contributed by atoms with Gasteiger partial charge >= 0.3 is 0 Å². The van der Waals surface area contributed by atoms with E-state index in [1.54, 1.807) is 0 Å². The van der Waals surface area contributed by atoms with Crippen LogP contribution in [0.25, 0.3) is 0 Å². The van der Waals surface area contributed by atoms with Gasteiger partial charge in [0.25, 0.3) is 0 Å². The zero-order valence-electron chi connectivity index (χ0n) is 10.1. The molecule has 0 unspecified atom stereocenters. The molecule has 1 aromatic heterocycles. The van der Waals surface area contributed by atoms with Crippen LogP contribution >= 0.6 is 11.8 Å². The van der Waals surface area contributed by atoms with Crippen LogP contribution in [0.5, 0.6) is 0 Å². The van der Waals surface area contributed by atoms with Crippen LogP contribution in [0, 0.1) is 0 Å². The highest BCUT2D eigenvalue weighted by atomic mass is 32.2. The van der Waals surface area contributed by atoms with Gasteiger partial charge < -0.3 is 5.32 Å². The fourth-order valence-electron chi connectivity index (χ4n) is 1.46. The Balaban J connectivity index is 1.89. The first-order chi connectivity index (χ1) is 7.93. The minimum absolute atomic E-state index is 1.08. The summed E-state index contributed by atoms with van der Waals surface area (Å²) < 4.78 is 0. The van der Waals surface area contributed by atoms with Crippen molar-refractivity contribution in [1.82, 2.24) is 10.3 Å². The number of nitrogens with one attached hydrogen (secondary N) is 1. The smallest absolute Gasteiger partial charge is 0.0960 e. The lowest BCUT2D eigenvalue weighted by Gasteiger charge is -2.03. The fraction of sp³-hybridized carbons (Fsp3) is 0.615. The minimum Gasteiger partial charge on any atom is -0.316 e. The van der Waals surface area contributed by atoms with Crippen LogP contribution in [-0.2, 0) is 0 Å². The molecule has 0 aromatic carbocycles. The summed E-state index contributed by atoms with van der Waals surface area (Å²) in [5.74, 6) is 1.10. The highest BCUT2D eigenvalue weighted by molar-refractivity contribution is 7.99. The lowest BCUT2D eigenvalue weighted by molar-refractivity contribution is 0.613. The van der Waals surface area contributed by atoms with Gasteiger partial charge in [-0.1, -0.05) is 32.3 Å². The van der Waals surface area contributed by atoms with Gasteiger partial charge in [0.15, 0.2) is 0 Å². The summed E-state index contributed by atoms with van der Waals surface area (Å²) in [6, 6.07) is 6.05. The van der Waals surface area contributed by atoms with Crippen molar-refractivity contribution in [2.45, 2.75) is 37.6 Å². The Morgan fingerprint density at radius 2 is 2.12 bits per heavy atom. The molecule has 1 rings (SSSR count). The van der Waals surface area contributed by atoms with Gasteiger partial charge in [0.2, 0.25) is 0 Å². The van der Waals surface area contributed by atoms with E-state index in [1.807, 2.05) is 30.1 Å². The Bertz CT molecular complexity index is 251. The molecule has 0 spiro atoms. The van der Waals surface area contributed by atoms with Gasteiger partial charge in [-0.15, -0.1) is 11.8 Å². The Hall–Kier alpha value is -0.540. The van der Waals surface area contributed by atoms with Crippen LogP contribution in [0.2, 0.25) is 0 Å². The molecule has 3 heteroatoms. The predicted octanol–water partition coefficient (Wildman–Crippen LogP) is 3.34. The number of aromatic nitrogens is 1. The first kappa shape index (κ1) is 13.5. The van der Waals surface area contributed by atoms with Gasteiger partial charge in [0, 0.05) is 18.5 Å². The van der Waals surface area contributed by atoms with E-state index in [2.05, 4.69) is 23.3 Å². The molecule has 2 nitrogen and oxygen atoms in total.